The molecule has 0 atom stereocenters. The fourth-order valence-corrected chi connectivity index (χ4v) is 2.34. The van der Waals surface area contributed by atoms with Gasteiger partial charge in [-0.15, -0.1) is 0 Å². The van der Waals surface area contributed by atoms with Gasteiger partial charge in [-0.3, -0.25) is 4.98 Å². The molecule has 0 aromatic carbocycles. The standard InChI is InChI=1S/C17H18N6O2/c1-9-12(18)5-6-13(20-9)17-16(10(2)23-25-17)22-14-7-19-8-15(21-14)24-11-3-4-11/h5-8,11H,3-4,18H2,1-2H3,(H,21,22). The van der Waals surface area contributed by atoms with Gasteiger partial charge in [0.25, 0.3) is 0 Å². The predicted octanol–water partition coefficient (Wildman–Crippen LogP) is 3.01. The first kappa shape index (κ1) is 15.4. The average molecular weight is 338 g/mol. The van der Waals surface area contributed by atoms with Crippen LogP contribution < -0.4 is 15.8 Å². The minimum absolute atomic E-state index is 0.263. The smallest absolute Gasteiger partial charge is 0.234 e. The van der Waals surface area contributed by atoms with Crippen molar-refractivity contribution in [1.29, 1.82) is 0 Å². The lowest BCUT2D eigenvalue weighted by Gasteiger charge is -2.08. The Morgan fingerprint density at radius 1 is 1.16 bits per heavy atom. The van der Waals surface area contributed by atoms with Gasteiger partial charge in [-0.05, 0) is 38.8 Å². The number of rotatable bonds is 5. The van der Waals surface area contributed by atoms with E-state index in [1.165, 1.54) is 0 Å². The third kappa shape index (κ3) is 3.23. The van der Waals surface area contributed by atoms with Crippen LogP contribution in [0.2, 0.25) is 0 Å². The fraction of sp³-hybridized carbons (Fsp3) is 0.294. The third-order valence-electron chi connectivity index (χ3n) is 3.90. The second kappa shape index (κ2) is 6.04. The minimum atomic E-state index is 0.263. The SMILES string of the molecule is Cc1nc(-c2onc(C)c2Nc2cncc(OC3CC3)n2)ccc1N. The van der Waals surface area contributed by atoms with Gasteiger partial charge in [0.2, 0.25) is 11.6 Å². The Bertz CT molecular complexity index is 919. The van der Waals surface area contributed by atoms with Crippen molar-refractivity contribution in [2.45, 2.75) is 32.8 Å². The molecule has 0 spiro atoms. The number of aryl methyl sites for hydroxylation is 2. The molecule has 1 fully saturated rings. The van der Waals surface area contributed by atoms with E-state index in [2.05, 4.69) is 25.4 Å². The first-order valence-electron chi connectivity index (χ1n) is 8.05. The minimum Gasteiger partial charge on any atom is -0.473 e. The van der Waals surface area contributed by atoms with Crippen LogP contribution in [0.15, 0.2) is 29.0 Å². The number of pyridine rings is 1. The summed E-state index contributed by atoms with van der Waals surface area (Å²) in [4.78, 5) is 13.1. The van der Waals surface area contributed by atoms with Crippen LogP contribution in [-0.4, -0.2) is 26.2 Å². The third-order valence-corrected chi connectivity index (χ3v) is 3.90. The van der Waals surface area contributed by atoms with Crippen molar-refractivity contribution in [1.82, 2.24) is 20.1 Å². The number of ether oxygens (including phenoxy) is 1. The van der Waals surface area contributed by atoms with Gasteiger partial charge in [0.15, 0.2) is 5.82 Å². The molecule has 0 unspecified atom stereocenters. The highest BCUT2D eigenvalue weighted by molar-refractivity contribution is 5.76. The summed E-state index contributed by atoms with van der Waals surface area (Å²) >= 11 is 0. The van der Waals surface area contributed by atoms with Gasteiger partial charge >= 0.3 is 0 Å². The van der Waals surface area contributed by atoms with Crippen LogP contribution >= 0.6 is 0 Å². The number of aromatic nitrogens is 4. The van der Waals surface area contributed by atoms with Gasteiger partial charge in [0.1, 0.15) is 23.2 Å². The van der Waals surface area contributed by atoms with Crippen molar-refractivity contribution in [2.75, 3.05) is 11.1 Å². The number of nitrogen functional groups attached to an aromatic ring is 1. The largest absolute Gasteiger partial charge is 0.473 e. The second-order valence-corrected chi connectivity index (χ2v) is 6.03. The summed E-state index contributed by atoms with van der Waals surface area (Å²) in [5.74, 6) is 1.58. The quantitative estimate of drug-likeness (QED) is 0.730. The Morgan fingerprint density at radius 2 is 2.00 bits per heavy atom. The molecule has 0 aliphatic heterocycles. The molecule has 3 aromatic rings. The summed E-state index contributed by atoms with van der Waals surface area (Å²) < 4.78 is 11.1. The van der Waals surface area contributed by atoms with Crippen LogP contribution in [0.3, 0.4) is 0 Å². The Labute approximate surface area is 144 Å². The van der Waals surface area contributed by atoms with Crippen LogP contribution in [0.5, 0.6) is 5.88 Å². The molecule has 0 amide bonds. The van der Waals surface area contributed by atoms with E-state index in [1.807, 2.05) is 13.8 Å². The molecular formula is C17H18N6O2. The number of nitrogens with two attached hydrogens (primary N) is 1. The van der Waals surface area contributed by atoms with Gasteiger partial charge < -0.3 is 20.3 Å². The summed E-state index contributed by atoms with van der Waals surface area (Å²) in [6.45, 7) is 3.69. The molecular weight excluding hydrogens is 320 g/mol. The molecule has 8 nitrogen and oxygen atoms in total. The zero-order valence-electron chi connectivity index (χ0n) is 14.0. The first-order chi connectivity index (χ1) is 12.1. The monoisotopic (exact) mass is 338 g/mol. The van der Waals surface area contributed by atoms with E-state index < -0.39 is 0 Å². The number of anilines is 3. The van der Waals surface area contributed by atoms with Crippen LogP contribution in [0.25, 0.3) is 11.5 Å². The normalized spacial score (nSPS) is 13.7. The molecule has 0 saturated heterocycles. The maximum atomic E-state index is 5.84. The Morgan fingerprint density at radius 3 is 2.76 bits per heavy atom. The Hall–Kier alpha value is -3.16. The summed E-state index contributed by atoms with van der Waals surface area (Å²) in [7, 11) is 0. The summed E-state index contributed by atoms with van der Waals surface area (Å²) in [5.41, 5.74) is 9.23. The van der Waals surface area contributed by atoms with E-state index in [4.69, 9.17) is 15.0 Å². The molecule has 8 heteroatoms. The molecule has 3 aromatic heterocycles. The van der Waals surface area contributed by atoms with E-state index in [-0.39, 0.29) is 6.10 Å². The molecule has 1 saturated carbocycles. The zero-order valence-corrected chi connectivity index (χ0v) is 14.0. The van der Waals surface area contributed by atoms with Gasteiger partial charge in [-0.25, -0.2) is 4.98 Å². The summed E-state index contributed by atoms with van der Waals surface area (Å²) in [6, 6.07) is 3.59. The fourth-order valence-electron chi connectivity index (χ4n) is 2.34. The Kier molecular flexibility index (Phi) is 3.72. The van der Waals surface area contributed by atoms with E-state index in [0.717, 1.165) is 18.5 Å². The zero-order chi connectivity index (χ0) is 17.4. The molecule has 4 rings (SSSR count). The van der Waals surface area contributed by atoms with Gasteiger partial charge in [0, 0.05) is 0 Å². The molecule has 0 bridgehead atoms. The summed E-state index contributed by atoms with van der Waals surface area (Å²) in [6.07, 6.45) is 5.62. The van der Waals surface area contributed by atoms with Crippen molar-refractivity contribution in [3.05, 3.63) is 35.9 Å². The molecule has 1 aliphatic rings. The lowest BCUT2D eigenvalue weighted by atomic mass is 10.2. The first-order valence-corrected chi connectivity index (χ1v) is 8.05. The van der Waals surface area contributed by atoms with E-state index >= 15 is 0 Å². The van der Waals surface area contributed by atoms with Crippen molar-refractivity contribution < 1.29 is 9.26 Å². The van der Waals surface area contributed by atoms with Gasteiger partial charge in [-0.1, -0.05) is 5.16 Å². The summed E-state index contributed by atoms with van der Waals surface area (Å²) in [5, 5.41) is 7.24. The lowest BCUT2D eigenvalue weighted by molar-refractivity contribution is 0.290. The average Bonchev–Trinajstić information content (AvgIpc) is 3.34. The Balaban J connectivity index is 1.64. The molecule has 3 N–H and O–H groups in total. The van der Waals surface area contributed by atoms with Crippen LogP contribution in [0.4, 0.5) is 17.2 Å². The van der Waals surface area contributed by atoms with E-state index in [0.29, 0.717) is 40.2 Å². The molecule has 3 heterocycles. The van der Waals surface area contributed by atoms with E-state index in [9.17, 15) is 0 Å². The van der Waals surface area contributed by atoms with Crippen molar-refractivity contribution in [3.8, 4) is 17.3 Å². The highest BCUT2D eigenvalue weighted by Crippen LogP contribution is 2.33. The highest BCUT2D eigenvalue weighted by atomic mass is 16.5. The molecule has 128 valence electrons. The predicted molar refractivity (Wildman–Crippen MR) is 92.6 cm³/mol. The van der Waals surface area contributed by atoms with Gasteiger partial charge in [0.05, 0.1) is 23.8 Å². The lowest BCUT2D eigenvalue weighted by Crippen LogP contribution is -2.02. The van der Waals surface area contributed by atoms with Crippen LogP contribution in [-0.2, 0) is 0 Å². The molecule has 25 heavy (non-hydrogen) atoms. The molecule has 0 radical (unpaired) electrons. The van der Waals surface area contributed by atoms with Crippen molar-refractivity contribution in [3.63, 3.8) is 0 Å². The van der Waals surface area contributed by atoms with Crippen molar-refractivity contribution in [2.24, 2.45) is 0 Å². The van der Waals surface area contributed by atoms with Gasteiger partial charge in [-0.2, -0.15) is 4.98 Å². The number of nitrogens with zero attached hydrogens (tertiary/aromatic N) is 4. The van der Waals surface area contributed by atoms with E-state index in [1.54, 1.807) is 24.5 Å². The van der Waals surface area contributed by atoms with Crippen LogP contribution in [0, 0.1) is 13.8 Å². The number of nitrogens with one attached hydrogen (secondary N) is 1. The number of hydrogen-bond donors (Lipinski definition) is 2. The topological polar surface area (TPSA) is 112 Å². The second-order valence-electron chi connectivity index (χ2n) is 6.03. The highest BCUT2D eigenvalue weighted by Gasteiger charge is 2.24. The maximum absolute atomic E-state index is 5.84. The van der Waals surface area contributed by atoms with Crippen LogP contribution in [0.1, 0.15) is 24.2 Å². The molecule has 1 aliphatic carbocycles. The maximum Gasteiger partial charge on any atom is 0.234 e. The number of hydrogen-bond acceptors (Lipinski definition) is 8. The van der Waals surface area contributed by atoms with Crippen molar-refractivity contribution >= 4 is 17.2 Å².